The molecule has 3 rings (SSSR count). The van der Waals surface area contributed by atoms with Gasteiger partial charge in [0.1, 0.15) is 22.8 Å². The first-order valence-corrected chi connectivity index (χ1v) is 7.91. The molecule has 0 atom stereocenters. The summed E-state index contributed by atoms with van der Waals surface area (Å²) < 4.78 is 11.0. The summed E-state index contributed by atoms with van der Waals surface area (Å²) in [5, 5.41) is 1.04. The number of rotatable bonds is 3. The van der Waals surface area contributed by atoms with Crippen molar-refractivity contribution in [1.29, 1.82) is 0 Å². The van der Waals surface area contributed by atoms with Crippen LogP contribution in [0.3, 0.4) is 0 Å². The topological polar surface area (TPSA) is 34.6 Å². The molecule has 1 aromatic heterocycles. The van der Waals surface area contributed by atoms with Gasteiger partial charge in [0.2, 0.25) is 0 Å². The number of benzene rings is 1. The zero-order valence-corrected chi connectivity index (χ0v) is 13.8. The summed E-state index contributed by atoms with van der Waals surface area (Å²) in [6, 6.07) is 6.04. The fraction of sp³-hybridized carbons (Fsp3) is 0.500. The lowest BCUT2D eigenvalue weighted by Gasteiger charge is -2.31. The molecule has 0 bridgehead atoms. The maximum Gasteiger partial charge on any atom is 0.145 e. The summed E-state index contributed by atoms with van der Waals surface area (Å²) in [4.78, 5) is 7.27. The summed E-state index contributed by atoms with van der Waals surface area (Å²) in [5.74, 6) is 3.50. The Balaban J connectivity index is 2.10. The van der Waals surface area contributed by atoms with E-state index < -0.39 is 0 Å². The Morgan fingerprint density at radius 1 is 1.09 bits per heavy atom. The van der Waals surface area contributed by atoms with Crippen LogP contribution in [0.2, 0.25) is 0 Å². The third-order valence-corrected chi connectivity index (χ3v) is 4.62. The molecule has 2 heterocycles. The van der Waals surface area contributed by atoms with E-state index in [2.05, 4.69) is 24.8 Å². The zero-order valence-electron chi connectivity index (χ0n) is 13.8. The predicted octanol–water partition coefficient (Wildman–Crippen LogP) is 3.80. The molecule has 1 aliphatic rings. The van der Waals surface area contributed by atoms with Gasteiger partial charge in [-0.05, 0) is 49.4 Å². The van der Waals surface area contributed by atoms with E-state index in [-0.39, 0.29) is 0 Å². The molecule has 0 N–H and O–H groups in total. The van der Waals surface area contributed by atoms with Crippen LogP contribution in [0.5, 0.6) is 11.5 Å². The van der Waals surface area contributed by atoms with Crippen LogP contribution >= 0.6 is 0 Å². The minimum atomic E-state index is 0.797. The predicted molar refractivity (Wildman–Crippen MR) is 90.2 cm³/mol. The molecule has 0 unspecified atom stereocenters. The van der Waals surface area contributed by atoms with Crippen LogP contribution in [0.1, 0.15) is 25.3 Å². The van der Waals surface area contributed by atoms with Crippen molar-refractivity contribution < 1.29 is 9.47 Å². The third-order valence-electron chi connectivity index (χ3n) is 4.62. The molecule has 4 heteroatoms. The Labute approximate surface area is 132 Å². The molecule has 1 fully saturated rings. The van der Waals surface area contributed by atoms with Crippen LogP contribution in [0.15, 0.2) is 18.2 Å². The summed E-state index contributed by atoms with van der Waals surface area (Å²) in [5.41, 5.74) is 2.06. The van der Waals surface area contributed by atoms with Gasteiger partial charge in [-0.25, -0.2) is 4.98 Å². The maximum absolute atomic E-state index is 5.50. The first-order chi connectivity index (χ1) is 10.6. The normalized spacial score (nSPS) is 16.1. The number of fused-ring (bicyclic) bond motifs is 1. The Hall–Kier alpha value is -1.97. The van der Waals surface area contributed by atoms with Crippen molar-refractivity contribution in [3.63, 3.8) is 0 Å². The van der Waals surface area contributed by atoms with Gasteiger partial charge in [0, 0.05) is 18.5 Å². The highest BCUT2D eigenvalue weighted by atomic mass is 16.5. The lowest BCUT2D eigenvalue weighted by Crippen LogP contribution is -2.33. The van der Waals surface area contributed by atoms with Gasteiger partial charge in [0.15, 0.2) is 0 Å². The average molecular weight is 300 g/mol. The Morgan fingerprint density at radius 2 is 1.73 bits per heavy atom. The number of ether oxygens (including phenoxy) is 2. The number of hydrogen-bond acceptors (Lipinski definition) is 4. The van der Waals surface area contributed by atoms with Gasteiger partial charge in [-0.2, -0.15) is 0 Å². The fourth-order valence-electron chi connectivity index (χ4n) is 3.19. The molecule has 1 saturated heterocycles. The fourth-order valence-corrected chi connectivity index (χ4v) is 3.19. The summed E-state index contributed by atoms with van der Waals surface area (Å²) in [6.07, 6.45) is 2.46. The molecule has 118 valence electrons. The Bertz CT molecular complexity index is 676. The first kappa shape index (κ1) is 14.9. The maximum atomic E-state index is 5.50. The number of hydrogen-bond donors (Lipinski definition) is 0. The molecule has 0 amide bonds. The van der Waals surface area contributed by atoms with Crippen molar-refractivity contribution in [3.05, 3.63) is 23.8 Å². The van der Waals surface area contributed by atoms with Gasteiger partial charge in [-0.15, -0.1) is 0 Å². The second-order valence-electron chi connectivity index (χ2n) is 6.16. The van der Waals surface area contributed by atoms with Crippen LogP contribution in [0, 0.1) is 12.8 Å². The quantitative estimate of drug-likeness (QED) is 0.863. The van der Waals surface area contributed by atoms with Gasteiger partial charge in [0.25, 0.3) is 0 Å². The number of pyridine rings is 1. The Morgan fingerprint density at radius 3 is 2.36 bits per heavy atom. The number of piperidine rings is 1. The van der Waals surface area contributed by atoms with Gasteiger partial charge in [-0.1, -0.05) is 6.92 Å². The van der Waals surface area contributed by atoms with E-state index in [1.807, 2.05) is 12.1 Å². The molecular weight excluding hydrogens is 276 g/mol. The van der Waals surface area contributed by atoms with Crippen molar-refractivity contribution >= 4 is 16.7 Å². The van der Waals surface area contributed by atoms with Gasteiger partial charge in [-0.3, -0.25) is 0 Å². The molecule has 1 aliphatic heterocycles. The largest absolute Gasteiger partial charge is 0.496 e. The molecule has 2 aromatic rings. The van der Waals surface area contributed by atoms with Crippen LogP contribution < -0.4 is 14.4 Å². The number of aryl methyl sites for hydroxylation is 1. The monoisotopic (exact) mass is 300 g/mol. The third kappa shape index (κ3) is 2.58. The molecule has 22 heavy (non-hydrogen) atoms. The van der Waals surface area contributed by atoms with Crippen LogP contribution in [0.25, 0.3) is 10.9 Å². The molecule has 0 radical (unpaired) electrons. The van der Waals surface area contributed by atoms with E-state index in [1.54, 1.807) is 14.2 Å². The highest BCUT2D eigenvalue weighted by Gasteiger charge is 2.19. The highest BCUT2D eigenvalue weighted by molar-refractivity contribution is 5.94. The van der Waals surface area contributed by atoms with Crippen LogP contribution in [-0.4, -0.2) is 32.3 Å². The zero-order chi connectivity index (χ0) is 15.7. The molecule has 0 aliphatic carbocycles. The second-order valence-corrected chi connectivity index (χ2v) is 6.16. The van der Waals surface area contributed by atoms with Gasteiger partial charge >= 0.3 is 0 Å². The first-order valence-electron chi connectivity index (χ1n) is 7.91. The van der Waals surface area contributed by atoms with E-state index in [9.17, 15) is 0 Å². The van der Waals surface area contributed by atoms with Crippen molar-refractivity contribution in [2.24, 2.45) is 5.92 Å². The number of aromatic nitrogens is 1. The van der Waals surface area contributed by atoms with Crippen molar-refractivity contribution in [2.75, 3.05) is 32.2 Å². The molecule has 0 saturated carbocycles. The lowest BCUT2D eigenvalue weighted by atomic mass is 9.99. The standard InChI is InChI=1S/C18H24N2O2/c1-12-7-9-20(10-8-12)16-11-13(2)17-14(21-3)5-6-15(22-4)18(17)19-16/h5-6,11-12H,7-10H2,1-4H3. The number of nitrogens with zero attached hydrogens (tertiary/aromatic N) is 2. The van der Waals surface area contributed by atoms with Crippen molar-refractivity contribution in [2.45, 2.75) is 26.7 Å². The minimum Gasteiger partial charge on any atom is -0.496 e. The summed E-state index contributed by atoms with van der Waals surface area (Å²) in [7, 11) is 3.38. The average Bonchev–Trinajstić information content (AvgIpc) is 2.54. The summed E-state index contributed by atoms with van der Waals surface area (Å²) in [6.45, 7) is 6.59. The molecule has 1 aromatic carbocycles. The summed E-state index contributed by atoms with van der Waals surface area (Å²) >= 11 is 0. The van der Waals surface area contributed by atoms with Crippen LogP contribution in [-0.2, 0) is 0 Å². The number of anilines is 1. The minimum absolute atomic E-state index is 0.797. The smallest absolute Gasteiger partial charge is 0.145 e. The second kappa shape index (κ2) is 6.03. The number of methoxy groups -OCH3 is 2. The van der Waals surface area contributed by atoms with Gasteiger partial charge in [0.05, 0.1) is 14.2 Å². The Kier molecular flexibility index (Phi) is 4.10. The molecule has 4 nitrogen and oxygen atoms in total. The van der Waals surface area contributed by atoms with Crippen molar-refractivity contribution in [1.82, 2.24) is 4.98 Å². The van der Waals surface area contributed by atoms with E-state index in [1.165, 1.54) is 18.4 Å². The van der Waals surface area contributed by atoms with E-state index >= 15 is 0 Å². The molecule has 0 spiro atoms. The molecular formula is C18H24N2O2. The lowest BCUT2D eigenvalue weighted by molar-refractivity contribution is 0.409. The van der Waals surface area contributed by atoms with E-state index in [4.69, 9.17) is 14.5 Å². The van der Waals surface area contributed by atoms with E-state index in [0.29, 0.717) is 0 Å². The van der Waals surface area contributed by atoms with Crippen molar-refractivity contribution in [3.8, 4) is 11.5 Å². The van der Waals surface area contributed by atoms with E-state index in [0.717, 1.165) is 47.2 Å². The SMILES string of the molecule is COc1ccc(OC)c2c(C)cc(N3CCC(C)CC3)nc12. The van der Waals surface area contributed by atoms with Crippen LogP contribution in [0.4, 0.5) is 5.82 Å². The highest BCUT2D eigenvalue weighted by Crippen LogP contribution is 2.36. The van der Waals surface area contributed by atoms with Gasteiger partial charge < -0.3 is 14.4 Å².